The molecule has 0 radical (unpaired) electrons. The van der Waals surface area contributed by atoms with Crippen LogP contribution < -0.4 is 0 Å². The third-order valence-electron chi connectivity index (χ3n) is 3.54. The van der Waals surface area contributed by atoms with E-state index in [-0.39, 0.29) is 11.6 Å². The summed E-state index contributed by atoms with van der Waals surface area (Å²) in [7, 11) is 0. The van der Waals surface area contributed by atoms with E-state index in [0.717, 1.165) is 22.3 Å². The quantitative estimate of drug-likeness (QED) is 0.774. The minimum Gasteiger partial charge on any atom is -0.478 e. The van der Waals surface area contributed by atoms with Crippen LogP contribution in [0.2, 0.25) is 0 Å². The number of hydrogen-bond acceptors (Lipinski definition) is 3. The molecule has 0 bridgehead atoms. The van der Waals surface area contributed by atoms with Crippen molar-refractivity contribution in [3.8, 4) is 11.1 Å². The Kier molecular flexibility index (Phi) is 3.01. The molecule has 0 amide bonds. The Morgan fingerprint density at radius 1 is 1.33 bits per heavy atom. The van der Waals surface area contributed by atoms with Crippen molar-refractivity contribution >= 4 is 16.9 Å². The van der Waals surface area contributed by atoms with Crippen molar-refractivity contribution in [3.63, 3.8) is 0 Å². The van der Waals surface area contributed by atoms with Gasteiger partial charge >= 0.3 is 5.97 Å². The molecule has 108 valence electrons. The fraction of sp³-hybridized carbons (Fsp3) is 0.267. The molecule has 0 atom stereocenters. The molecule has 1 aromatic carbocycles. The summed E-state index contributed by atoms with van der Waals surface area (Å²) in [5.74, 6) is -0.947. The molecule has 0 saturated carbocycles. The van der Waals surface area contributed by atoms with Crippen LogP contribution in [0.4, 0.5) is 0 Å². The molecule has 21 heavy (non-hydrogen) atoms. The normalized spacial score (nSPS) is 11.4. The minimum atomic E-state index is -0.947. The van der Waals surface area contributed by atoms with Gasteiger partial charge in [-0.25, -0.2) is 4.79 Å². The highest BCUT2D eigenvalue weighted by molar-refractivity contribution is 6.05. The summed E-state index contributed by atoms with van der Waals surface area (Å²) in [5, 5.41) is 21.4. The van der Waals surface area contributed by atoms with Crippen molar-refractivity contribution in [2.45, 2.75) is 26.8 Å². The van der Waals surface area contributed by atoms with Crippen LogP contribution in [-0.2, 0) is 0 Å². The smallest absolute Gasteiger partial charge is 0.336 e. The second kappa shape index (κ2) is 4.73. The van der Waals surface area contributed by atoms with Gasteiger partial charge in [0.1, 0.15) is 0 Å². The topological polar surface area (TPSA) is 83.8 Å². The molecule has 2 N–H and O–H groups in total. The van der Waals surface area contributed by atoms with Crippen LogP contribution >= 0.6 is 0 Å². The van der Waals surface area contributed by atoms with Crippen molar-refractivity contribution in [2.24, 2.45) is 0 Å². The van der Waals surface area contributed by atoms with Crippen LogP contribution in [0.1, 0.15) is 35.9 Å². The number of hydrogen-bond donors (Lipinski definition) is 2. The number of aromatic amines is 1. The standard InChI is InChI=1S/C15H16N4O2/c1-8(2)19-13-5-10(11-6-16-17-7-11)4-12(15(20)21)14(13)9(3)18-19/h4-8H,1-3H3,(H,16,17)(H,20,21). The number of rotatable bonds is 3. The molecule has 2 aromatic heterocycles. The molecule has 2 heterocycles. The summed E-state index contributed by atoms with van der Waals surface area (Å²) in [4.78, 5) is 11.6. The molecule has 0 spiro atoms. The zero-order valence-corrected chi connectivity index (χ0v) is 12.1. The number of carbonyl (C=O) groups is 1. The minimum absolute atomic E-state index is 0.155. The largest absolute Gasteiger partial charge is 0.478 e. The van der Waals surface area contributed by atoms with Crippen molar-refractivity contribution in [2.75, 3.05) is 0 Å². The van der Waals surface area contributed by atoms with Crippen LogP contribution in [-0.4, -0.2) is 31.1 Å². The van der Waals surface area contributed by atoms with E-state index in [0.29, 0.717) is 5.39 Å². The summed E-state index contributed by atoms with van der Waals surface area (Å²) < 4.78 is 1.86. The van der Waals surface area contributed by atoms with Crippen LogP contribution in [0.3, 0.4) is 0 Å². The number of benzene rings is 1. The lowest BCUT2D eigenvalue weighted by Gasteiger charge is -2.09. The van der Waals surface area contributed by atoms with E-state index in [9.17, 15) is 9.90 Å². The predicted molar refractivity (Wildman–Crippen MR) is 79.4 cm³/mol. The van der Waals surface area contributed by atoms with E-state index in [2.05, 4.69) is 15.3 Å². The van der Waals surface area contributed by atoms with Crippen molar-refractivity contribution in [3.05, 3.63) is 35.8 Å². The van der Waals surface area contributed by atoms with Crippen molar-refractivity contribution < 1.29 is 9.90 Å². The molecular formula is C15H16N4O2. The maximum atomic E-state index is 11.6. The molecule has 3 rings (SSSR count). The van der Waals surface area contributed by atoms with E-state index in [1.165, 1.54) is 0 Å². The van der Waals surface area contributed by atoms with Gasteiger partial charge in [0.05, 0.1) is 23.0 Å². The molecule has 0 aliphatic carbocycles. The first kappa shape index (κ1) is 13.4. The van der Waals surface area contributed by atoms with Crippen LogP contribution in [0.5, 0.6) is 0 Å². The van der Waals surface area contributed by atoms with Gasteiger partial charge in [-0.2, -0.15) is 10.2 Å². The Morgan fingerprint density at radius 2 is 2.10 bits per heavy atom. The number of carboxylic acids is 1. The summed E-state index contributed by atoms with van der Waals surface area (Å²) in [6.07, 6.45) is 3.42. The molecule has 6 nitrogen and oxygen atoms in total. The van der Waals surface area contributed by atoms with Crippen molar-refractivity contribution in [1.82, 2.24) is 20.0 Å². The summed E-state index contributed by atoms with van der Waals surface area (Å²) in [5.41, 5.74) is 3.51. The average molecular weight is 284 g/mol. The van der Waals surface area contributed by atoms with E-state index >= 15 is 0 Å². The lowest BCUT2D eigenvalue weighted by atomic mass is 10.0. The zero-order valence-electron chi connectivity index (χ0n) is 12.1. The van der Waals surface area contributed by atoms with E-state index in [1.807, 2.05) is 31.5 Å². The van der Waals surface area contributed by atoms with E-state index in [4.69, 9.17) is 0 Å². The maximum Gasteiger partial charge on any atom is 0.336 e. The molecule has 0 aliphatic rings. The number of fused-ring (bicyclic) bond motifs is 1. The zero-order chi connectivity index (χ0) is 15.1. The maximum absolute atomic E-state index is 11.6. The second-order valence-electron chi connectivity index (χ2n) is 5.33. The Morgan fingerprint density at radius 3 is 2.67 bits per heavy atom. The SMILES string of the molecule is Cc1nn(C(C)C)c2cc(-c3cn[nH]c3)cc(C(=O)O)c12. The first-order chi connectivity index (χ1) is 9.99. The van der Waals surface area contributed by atoms with Gasteiger partial charge in [-0.3, -0.25) is 9.78 Å². The first-order valence-corrected chi connectivity index (χ1v) is 6.74. The Bertz CT molecular complexity index is 816. The number of aromatic nitrogens is 4. The number of carboxylic acid groups (broad SMARTS) is 1. The van der Waals surface area contributed by atoms with Crippen LogP contribution in [0.25, 0.3) is 22.0 Å². The molecular weight excluding hydrogens is 268 g/mol. The van der Waals surface area contributed by atoms with Gasteiger partial charge in [0.25, 0.3) is 0 Å². The van der Waals surface area contributed by atoms with Crippen LogP contribution in [0, 0.1) is 6.92 Å². The Labute approximate surface area is 121 Å². The highest BCUT2D eigenvalue weighted by Crippen LogP contribution is 2.31. The number of aromatic carboxylic acids is 1. The third-order valence-corrected chi connectivity index (χ3v) is 3.54. The number of nitrogens with zero attached hydrogens (tertiary/aromatic N) is 3. The summed E-state index contributed by atoms with van der Waals surface area (Å²) in [6.45, 7) is 5.89. The summed E-state index contributed by atoms with van der Waals surface area (Å²) in [6, 6.07) is 3.80. The van der Waals surface area contributed by atoms with Gasteiger partial charge in [-0.15, -0.1) is 0 Å². The third kappa shape index (κ3) is 2.08. The highest BCUT2D eigenvalue weighted by Gasteiger charge is 2.19. The number of nitrogens with one attached hydrogen (secondary N) is 1. The van der Waals surface area contributed by atoms with Gasteiger partial charge in [-0.1, -0.05) is 0 Å². The Balaban J connectivity index is 2.39. The van der Waals surface area contributed by atoms with E-state index in [1.54, 1.807) is 18.5 Å². The molecule has 0 fully saturated rings. The second-order valence-corrected chi connectivity index (χ2v) is 5.33. The fourth-order valence-corrected chi connectivity index (χ4v) is 2.59. The van der Waals surface area contributed by atoms with Gasteiger partial charge in [0, 0.05) is 23.2 Å². The highest BCUT2D eigenvalue weighted by atomic mass is 16.4. The van der Waals surface area contributed by atoms with Gasteiger partial charge in [0.15, 0.2) is 0 Å². The Hall–Kier alpha value is -2.63. The molecule has 0 unspecified atom stereocenters. The molecule has 3 aromatic rings. The predicted octanol–water partition coefficient (Wildman–Crippen LogP) is 3.01. The van der Waals surface area contributed by atoms with Gasteiger partial charge in [0.2, 0.25) is 0 Å². The molecule has 6 heteroatoms. The molecule has 0 saturated heterocycles. The van der Waals surface area contributed by atoms with E-state index < -0.39 is 5.97 Å². The lowest BCUT2D eigenvalue weighted by Crippen LogP contribution is -2.03. The van der Waals surface area contributed by atoms with Crippen molar-refractivity contribution in [1.29, 1.82) is 0 Å². The number of aryl methyl sites for hydroxylation is 1. The van der Waals surface area contributed by atoms with Gasteiger partial charge in [-0.05, 0) is 38.5 Å². The lowest BCUT2D eigenvalue weighted by molar-refractivity contribution is 0.0699. The average Bonchev–Trinajstić information content (AvgIpc) is 3.06. The number of H-pyrrole nitrogens is 1. The monoisotopic (exact) mass is 284 g/mol. The summed E-state index contributed by atoms with van der Waals surface area (Å²) >= 11 is 0. The van der Waals surface area contributed by atoms with Gasteiger partial charge < -0.3 is 5.11 Å². The first-order valence-electron chi connectivity index (χ1n) is 6.74. The fourth-order valence-electron chi connectivity index (χ4n) is 2.59. The van der Waals surface area contributed by atoms with Crippen LogP contribution in [0.15, 0.2) is 24.5 Å². The molecule has 0 aliphatic heterocycles.